The lowest BCUT2D eigenvalue weighted by atomic mass is 10.1. The summed E-state index contributed by atoms with van der Waals surface area (Å²) in [5.41, 5.74) is 5.16. The molecule has 0 fully saturated rings. The SMILES string of the molecule is CC(C)[C@H](N)C(=O)O.O=C(O)CC(=O)O. The van der Waals surface area contributed by atoms with Crippen molar-refractivity contribution in [1.82, 2.24) is 0 Å². The normalized spacial score (nSPS) is 11.2. The molecule has 0 spiro atoms. The van der Waals surface area contributed by atoms with Gasteiger partial charge in [-0.1, -0.05) is 13.8 Å². The Balaban J connectivity index is 0. The molecule has 0 aromatic carbocycles. The highest BCUT2D eigenvalue weighted by Gasteiger charge is 2.14. The van der Waals surface area contributed by atoms with Gasteiger partial charge in [-0.3, -0.25) is 14.4 Å². The number of carbonyl (C=O) groups is 3. The number of hydrogen-bond acceptors (Lipinski definition) is 4. The van der Waals surface area contributed by atoms with E-state index in [1.807, 2.05) is 0 Å². The number of carboxylic acid groups (broad SMARTS) is 3. The summed E-state index contributed by atoms with van der Waals surface area (Å²) in [6, 6.07) is -0.713. The highest BCUT2D eigenvalue weighted by molar-refractivity contribution is 5.88. The van der Waals surface area contributed by atoms with Crippen LogP contribution in [0.15, 0.2) is 0 Å². The zero-order chi connectivity index (χ0) is 12.6. The van der Waals surface area contributed by atoms with Crippen LogP contribution in [0.5, 0.6) is 0 Å². The number of rotatable bonds is 4. The molecule has 0 heterocycles. The van der Waals surface area contributed by atoms with Crippen LogP contribution >= 0.6 is 0 Å². The van der Waals surface area contributed by atoms with Crippen LogP contribution in [0.4, 0.5) is 0 Å². The lowest BCUT2D eigenvalue weighted by Gasteiger charge is -2.07. The number of nitrogens with two attached hydrogens (primary N) is 1. The van der Waals surface area contributed by atoms with Crippen LogP contribution in [0.2, 0.25) is 0 Å². The average molecular weight is 221 g/mol. The molecule has 7 heteroatoms. The molecule has 0 aromatic heterocycles. The van der Waals surface area contributed by atoms with Crippen molar-refractivity contribution in [3.05, 3.63) is 0 Å². The third-order valence-electron chi connectivity index (χ3n) is 1.31. The van der Waals surface area contributed by atoms with Gasteiger partial charge in [0.05, 0.1) is 0 Å². The molecule has 0 aliphatic carbocycles. The van der Waals surface area contributed by atoms with Gasteiger partial charge in [-0.15, -0.1) is 0 Å². The zero-order valence-electron chi connectivity index (χ0n) is 8.51. The van der Waals surface area contributed by atoms with Gasteiger partial charge in [-0.25, -0.2) is 0 Å². The van der Waals surface area contributed by atoms with Crippen molar-refractivity contribution in [2.75, 3.05) is 0 Å². The van der Waals surface area contributed by atoms with Crippen LogP contribution in [0, 0.1) is 5.92 Å². The van der Waals surface area contributed by atoms with Crippen LogP contribution in [0.1, 0.15) is 20.3 Å². The summed E-state index contributed by atoms with van der Waals surface area (Å²) in [5, 5.41) is 23.6. The van der Waals surface area contributed by atoms with Crippen molar-refractivity contribution < 1.29 is 29.7 Å². The standard InChI is InChI=1S/C5H11NO2.C3H4O4/c1-3(2)4(6)5(7)8;4-2(5)1-3(6)7/h3-4H,6H2,1-2H3,(H,7,8);1H2,(H,4,5)(H,6,7)/t4-;/m0./s1. The lowest BCUT2D eigenvalue weighted by molar-refractivity contribution is -0.147. The minimum Gasteiger partial charge on any atom is -0.481 e. The van der Waals surface area contributed by atoms with Crippen molar-refractivity contribution in [2.45, 2.75) is 26.3 Å². The average Bonchev–Trinajstić information content (AvgIpc) is 2.00. The summed E-state index contributed by atoms with van der Waals surface area (Å²) in [7, 11) is 0. The van der Waals surface area contributed by atoms with Crippen molar-refractivity contribution >= 4 is 17.9 Å². The number of hydrogen-bond donors (Lipinski definition) is 4. The minimum atomic E-state index is -1.31. The van der Waals surface area contributed by atoms with Crippen molar-refractivity contribution in [1.29, 1.82) is 0 Å². The van der Waals surface area contributed by atoms with Gasteiger partial charge in [0, 0.05) is 0 Å². The Morgan fingerprint density at radius 1 is 1.07 bits per heavy atom. The molecule has 0 radical (unpaired) electrons. The fourth-order valence-electron chi connectivity index (χ4n) is 0.415. The molecule has 0 amide bonds. The summed E-state index contributed by atoms with van der Waals surface area (Å²) in [4.78, 5) is 28.9. The monoisotopic (exact) mass is 221 g/mol. The van der Waals surface area contributed by atoms with E-state index in [9.17, 15) is 14.4 Å². The maximum Gasteiger partial charge on any atom is 0.320 e. The Hall–Kier alpha value is -1.63. The molecule has 0 unspecified atom stereocenters. The second-order valence-corrected chi connectivity index (χ2v) is 3.07. The first-order valence-corrected chi connectivity index (χ1v) is 4.10. The van der Waals surface area contributed by atoms with Gasteiger partial charge >= 0.3 is 17.9 Å². The Bertz CT molecular complexity index is 225. The Morgan fingerprint density at radius 3 is 1.40 bits per heavy atom. The van der Waals surface area contributed by atoms with Crippen molar-refractivity contribution in [2.24, 2.45) is 11.7 Å². The van der Waals surface area contributed by atoms with Gasteiger partial charge in [0.1, 0.15) is 12.5 Å². The van der Waals surface area contributed by atoms with Crippen LogP contribution in [0.25, 0.3) is 0 Å². The summed E-state index contributed by atoms with van der Waals surface area (Å²) in [5.74, 6) is -3.53. The van der Waals surface area contributed by atoms with Crippen LogP contribution in [-0.4, -0.2) is 39.3 Å². The molecule has 0 rings (SSSR count). The van der Waals surface area contributed by atoms with Gasteiger partial charge in [0.15, 0.2) is 0 Å². The molecule has 0 saturated heterocycles. The van der Waals surface area contributed by atoms with Crippen LogP contribution in [-0.2, 0) is 14.4 Å². The van der Waals surface area contributed by atoms with Crippen LogP contribution < -0.4 is 5.73 Å². The van der Waals surface area contributed by atoms with E-state index >= 15 is 0 Å². The summed E-state index contributed by atoms with van der Waals surface area (Å²) in [6.07, 6.45) is -0.806. The Kier molecular flexibility index (Phi) is 8.17. The minimum absolute atomic E-state index is 0.0208. The second kappa shape index (κ2) is 7.74. The van der Waals surface area contributed by atoms with E-state index < -0.39 is 30.4 Å². The molecule has 0 saturated carbocycles. The van der Waals surface area contributed by atoms with Gasteiger partial charge in [-0.2, -0.15) is 0 Å². The van der Waals surface area contributed by atoms with Gasteiger partial charge < -0.3 is 21.1 Å². The highest BCUT2D eigenvalue weighted by atomic mass is 16.4. The molecule has 0 aliphatic heterocycles. The van der Waals surface area contributed by atoms with Crippen LogP contribution in [0.3, 0.4) is 0 Å². The smallest absolute Gasteiger partial charge is 0.320 e. The predicted molar refractivity (Wildman–Crippen MR) is 50.3 cm³/mol. The maximum absolute atomic E-state index is 10.0. The first-order valence-electron chi connectivity index (χ1n) is 4.10. The topological polar surface area (TPSA) is 138 Å². The molecule has 7 nitrogen and oxygen atoms in total. The number of aliphatic carboxylic acids is 3. The van der Waals surface area contributed by atoms with Gasteiger partial charge in [0.25, 0.3) is 0 Å². The second-order valence-electron chi connectivity index (χ2n) is 3.07. The lowest BCUT2D eigenvalue weighted by Crippen LogP contribution is -2.34. The highest BCUT2D eigenvalue weighted by Crippen LogP contribution is 1.96. The van der Waals surface area contributed by atoms with Gasteiger partial charge in [0.2, 0.25) is 0 Å². The first-order chi connectivity index (χ1) is 6.68. The zero-order valence-corrected chi connectivity index (χ0v) is 8.51. The molecule has 1 atom stereocenters. The largest absolute Gasteiger partial charge is 0.481 e. The van der Waals surface area contributed by atoms with E-state index in [2.05, 4.69) is 0 Å². The molecule has 0 bridgehead atoms. The molecular weight excluding hydrogens is 206 g/mol. The van der Waals surface area contributed by atoms with E-state index in [1.165, 1.54) is 0 Å². The molecule has 15 heavy (non-hydrogen) atoms. The molecule has 5 N–H and O–H groups in total. The first kappa shape index (κ1) is 15.8. The molecule has 0 aliphatic rings. The van der Waals surface area contributed by atoms with E-state index in [0.29, 0.717) is 0 Å². The molecular formula is C8H15NO6. The van der Waals surface area contributed by atoms with Crippen molar-refractivity contribution in [3.8, 4) is 0 Å². The number of carboxylic acids is 3. The van der Waals surface area contributed by atoms with E-state index in [4.69, 9.17) is 21.1 Å². The van der Waals surface area contributed by atoms with E-state index in [0.717, 1.165) is 0 Å². The third-order valence-corrected chi connectivity index (χ3v) is 1.31. The quantitative estimate of drug-likeness (QED) is 0.474. The fraction of sp³-hybridized carbons (Fsp3) is 0.625. The van der Waals surface area contributed by atoms with Gasteiger partial charge in [-0.05, 0) is 5.92 Å². The Labute approximate surface area is 86.5 Å². The molecule has 0 aromatic rings. The summed E-state index contributed by atoms with van der Waals surface area (Å²) >= 11 is 0. The fourth-order valence-corrected chi connectivity index (χ4v) is 0.415. The van der Waals surface area contributed by atoms with Crippen molar-refractivity contribution in [3.63, 3.8) is 0 Å². The maximum atomic E-state index is 10.0. The molecule has 88 valence electrons. The van der Waals surface area contributed by atoms with E-state index in [1.54, 1.807) is 13.8 Å². The summed E-state index contributed by atoms with van der Waals surface area (Å²) in [6.45, 7) is 3.55. The summed E-state index contributed by atoms with van der Waals surface area (Å²) < 4.78 is 0. The predicted octanol–water partition coefficient (Wildman–Crippen LogP) is -0.400. The van der Waals surface area contributed by atoms with E-state index in [-0.39, 0.29) is 5.92 Å². The third kappa shape index (κ3) is 12.4. The Morgan fingerprint density at radius 2 is 1.40 bits per heavy atom.